The zero-order valence-corrected chi connectivity index (χ0v) is 15.4. The van der Waals surface area contributed by atoms with Crippen molar-refractivity contribution in [3.63, 3.8) is 0 Å². The van der Waals surface area contributed by atoms with E-state index in [0.717, 1.165) is 57.3 Å². The third kappa shape index (κ3) is 4.42. The summed E-state index contributed by atoms with van der Waals surface area (Å²) in [7, 11) is 0. The van der Waals surface area contributed by atoms with Gasteiger partial charge in [-0.15, -0.1) is 0 Å². The summed E-state index contributed by atoms with van der Waals surface area (Å²) in [6.45, 7) is 5.65. The number of nitrogens with zero attached hydrogens (tertiary/aromatic N) is 1. The summed E-state index contributed by atoms with van der Waals surface area (Å²) < 4.78 is 0. The number of piperidine rings is 1. The Bertz CT molecular complexity index is 543. The molecule has 2 N–H and O–H groups in total. The van der Waals surface area contributed by atoms with Crippen LogP contribution in [0.15, 0.2) is 30.3 Å². The van der Waals surface area contributed by atoms with Gasteiger partial charge in [0.15, 0.2) is 0 Å². The lowest BCUT2D eigenvalue weighted by atomic mass is 9.66. The number of carbonyl (C=O) groups excluding carboxylic acids is 1. The summed E-state index contributed by atoms with van der Waals surface area (Å²) in [5.41, 5.74) is 0.933. The number of hydrogen-bond donors (Lipinski definition) is 2. The number of rotatable bonds is 7. The first-order valence-corrected chi connectivity index (χ1v) is 9.86. The Labute approximate surface area is 151 Å². The van der Waals surface area contributed by atoms with Crippen LogP contribution in [0, 0.1) is 11.3 Å². The molecule has 1 aliphatic heterocycles. The fraction of sp³-hybridized carbons (Fsp3) is 0.667. The minimum Gasteiger partial charge on any atom is -0.387 e. The van der Waals surface area contributed by atoms with E-state index < -0.39 is 6.10 Å². The second-order valence-corrected chi connectivity index (χ2v) is 7.87. The van der Waals surface area contributed by atoms with Crippen LogP contribution < -0.4 is 5.32 Å². The molecule has 1 atom stereocenters. The minimum absolute atomic E-state index is 0.0551. The van der Waals surface area contributed by atoms with Crippen molar-refractivity contribution >= 4 is 5.91 Å². The van der Waals surface area contributed by atoms with Crippen molar-refractivity contribution < 1.29 is 9.90 Å². The van der Waals surface area contributed by atoms with E-state index in [1.807, 2.05) is 30.3 Å². The van der Waals surface area contributed by atoms with Gasteiger partial charge in [0.25, 0.3) is 0 Å². The highest BCUT2D eigenvalue weighted by molar-refractivity contribution is 5.83. The molecule has 1 amide bonds. The fourth-order valence-electron chi connectivity index (χ4n) is 4.17. The summed E-state index contributed by atoms with van der Waals surface area (Å²) in [5, 5.41) is 13.6. The van der Waals surface area contributed by atoms with Crippen LogP contribution in [-0.2, 0) is 4.79 Å². The van der Waals surface area contributed by atoms with Gasteiger partial charge >= 0.3 is 0 Å². The van der Waals surface area contributed by atoms with Gasteiger partial charge in [0.05, 0.1) is 6.10 Å². The molecule has 1 heterocycles. The number of β-amino-alcohol motifs (C(OH)–C–C–N with tert-alkyl or cyclic N) is 1. The van der Waals surface area contributed by atoms with Crippen LogP contribution >= 0.6 is 0 Å². The van der Waals surface area contributed by atoms with Gasteiger partial charge < -0.3 is 15.3 Å². The van der Waals surface area contributed by atoms with E-state index in [2.05, 4.69) is 17.1 Å². The second-order valence-electron chi connectivity index (χ2n) is 7.87. The van der Waals surface area contributed by atoms with Gasteiger partial charge in [0.1, 0.15) is 0 Å². The summed E-state index contributed by atoms with van der Waals surface area (Å²) in [5.74, 6) is 0.853. The van der Waals surface area contributed by atoms with Crippen molar-refractivity contribution in [2.24, 2.45) is 11.3 Å². The predicted molar refractivity (Wildman–Crippen MR) is 100 cm³/mol. The van der Waals surface area contributed by atoms with Crippen LogP contribution in [0.3, 0.4) is 0 Å². The normalized spacial score (nSPS) is 22.2. The molecule has 0 bridgehead atoms. The molecule has 3 rings (SSSR count). The Morgan fingerprint density at radius 1 is 1.28 bits per heavy atom. The summed E-state index contributed by atoms with van der Waals surface area (Å²) >= 11 is 0. The van der Waals surface area contributed by atoms with Crippen molar-refractivity contribution in [2.75, 3.05) is 26.2 Å². The largest absolute Gasteiger partial charge is 0.387 e. The van der Waals surface area contributed by atoms with Gasteiger partial charge in [-0.3, -0.25) is 4.79 Å². The Morgan fingerprint density at radius 2 is 1.96 bits per heavy atom. The third-order valence-electron chi connectivity index (χ3n) is 6.34. The first-order valence-electron chi connectivity index (χ1n) is 9.86. The molecule has 1 saturated carbocycles. The number of likely N-dealkylation sites (tertiary alicyclic amines) is 1. The van der Waals surface area contributed by atoms with Crippen molar-refractivity contribution in [2.45, 2.75) is 51.6 Å². The summed E-state index contributed by atoms with van der Waals surface area (Å²) in [6, 6.07) is 9.88. The van der Waals surface area contributed by atoms with Gasteiger partial charge in [-0.05, 0) is 56.7 Å². The topological polar surface area (TPSA) is 52.6 Å². The molecular weight excluding hydrogens is 312 g/mol. The molecule has 0 aromatic heterocycles. The summed E-state index contributed by atoms with van der Waals surface area (Å²) in [4.78, 5) is 14.8. The van der Waals surface area contributed by atoms with E-state index in [-0.39, 0.29) is 11.3 Å². The minimum atomic E-state index is -0.416. The van der Waals surface area contributed by atoms with Crippen molar-refractivity contribution in [3.05, 3.63) is 35.9 Å². The monoisotopic (exact) mass is 344 g/mol. The van der Waals surface area contributed by atoms with Crippen molar-refractivity contribution in [1.82, 2.24) is 10.2 Å². The van der Waals surface area contributed by atoms with Crippen molar-refractivity contribution in [3.8, 4) is 0 Å². The molecule has 2 aliphatic rings. The number of nitrogens with one attached hydrogen (secondary N) is 1. The molecule has 25 heavy (non-hydrogen) atoms. The van der Waals surface area contributed by atoms with E-state index in [1.54, 1.807) is 0 Å². The standard InChI is InChI=1S/C21H32N2O2/c1-2-21(11-6-12-21)20(25)22-15-17-9-13-23(14-10-17)16-19(24)18-7-4-3-5-8-18/h3-5,7-8,17,19,24H,2,6,9-16H2,1H3,(H,22,25). The van der Waals surface area contributed by atoms with Gasteiger partial charge in [0, 0.05) is 18.5 Å². The highest BCUT2D eigenvalue weighted by Crippen LogP contribution is 2.43. The van der Waals surface area contributed by atoms with E-state index in [4.69, 9.17) is 0 Å². The molecule has 1 aliphatic carbocycles. The van der Waals surface area contributed by atoms with Crippen molar-refractivity contribution in [1.29, 1.82) is 0 Å². The Morgan fingerprint density at radius 3 is 2.52 bits per heavy atom. The number of aliphatic hydroxyl groups is 1. The Hall–Kier alpha value is -1.39. The first-order chi connectivity index (χ1) is 12.1. The lowest BCUT2D eigenvalue weighted by Crippen LogP contribution is -2.47. The van der Waals surface area contributed by atoms with Gasteiger partial charge in [-0.2, -0.15) is 0 Å². The zero-order valence-electron chi connectivity index (χ0n) is 15.4. The maximum absolute atomic E-state index is 12.4. The Kier molecular flexibility index (Phi) is 6.13. The van der Waals surface area contributed by atoms with E-state index in [0.29, 0.717) is 12.5 Å². The van der Waals surface area contributed by atoms with Crippen LogP contribution in [0.4, 0.5) is 0 Å². The average molecular weight is 344 g/mol. The lowest BCUT2D eigenvalue weighted by molar-refractivity contribution is -0.136. The summed E-state index contributed by atoms with van der Waals surface area (Å²) in [6.07, 6.45) is 6.07. The number of carbonyl (C=O) groups is 1. The molecule has 2 fully saturated rings. The molecular formula is C21H32N2O2. The van der Waals surface area contributed by atoms with Crippen LogP contribution in [0.5, 0.6) is 0 Å². The second kappa shape index (κ2) is 8.33. The molecule has 4 heteroatoms. The smallest absolute Gasteiger partial charge is 0.226 e. The molecule has 1 saturated heterocycles. The maximum atomic E-state index is 12.4. The number of hydrogen-bond acceptors (Lipinski definition) is 3. The predicted octanol–water partition coefficient (Wildman–Crippen LogP) is 3.13. The van der Waals surface area contributed by atoms with Crippen LogP contribution in [0.2, 0.25) is 0 Å². The fourth-order valence-corrected chi connectivity index (χ4v) is 4.17. The molecule has 138 valence electrons. The SMILES string of the molecule is CCC1(C(=O)NCC2CCN(CC(O)c3ccccc3)CC2)CCC1. The highest BCUT2D eigenvalue weighted by Gasteiger charge is 2.42. The molecule has 4 nitrogen and oxygen atoms in total. The number of amides is 1. The zero-order chi connectivity index (χ0) is 17.7. The van der Waals surface area contributed by atoms with E-state index in [1.165, 1.54) is 6.42 Å². The molecule has 1 unspecified atom stereocenters. The number of aliphatic hydroxyl groups excluding tert-OH is 1. The molecule has 0 spiro atoms. The lowest BCUT2D eigenvalue weighted by Gasteiger charge is -2.40. The average Bonchev–Trinajstić information content (AvgIpc) is 2.61. The highest BCUT2D eigenvalue weighted by atomic mass is 16.3. The maximum Gasteiger partial charge on any atom is 0.226 e. The Balaban J connectivity index is 1.38. The third-order valence-corrected chi connectivity index (χ3v) is 6.34. The molecule has 1 aromatic carbocycles. The molecule has 0 radical (unpaired) electrons. The quantitative estimate of drug-likeness (QED) is 0.799. The van der Waals surface area contributed by atoms with Gasteiger partial charge in [-0.25, -0.2) is 0 Å². The number of benzene rings is 1. The van der Waals surface area contributed by atoms with Crippen LogP contribution in [0.25, 0.3) is 0 Å². The molecule has 1 aromatic rings. The van der Waals surface area contributed by atoms with E-state index in [9.17, 15) is 9.90 Å². The van der Waals surface area contributed by atoms with Crippen LogP contribution in [0.1, 0.15) is 57.1 Å². The van der Waals surface area contributed by atoms with Gasteiger partial charge in [0.2, 0.25) is 5.91 Å². The van der Waals surface area contributed by atoms with Crippen LogP contribution in [-0.4, -0.2) is 42.1 Å². The van der Waals surface area contributed by atoms with Gasteiger partial charge in [-0.1, -0.05) is 43.7 Å². The van der Waals surface area contributed by atoms with E-state index >= 15 is 0 Å². The first kappa shape index (κ1) is 18.4.